The summed E-state index contributed by atoms with van der Waals surface area (Å²) in [6.07, 6.45) is 0. The number of aliphatic carboxylic acids is 1. The molecule has 1 aromatic carbocycles. The number of carboxylic acid groups (broad SMARTS) is 1. The molecule has 1 rings (SSSR count). The van der Waals surface area contributed by atoms with Gasteiger partial charge in [-0.2, -0.15) is 0 Å². The van der Waals surface area contributed by atoms with E-state index in [1.807, 2.05) is 29.8 Å². The zero-order valence-electron chi connectivity index (χ0n) is 8.57. The third kappa shape index (κ3) is 2.80. The molecule has 14 heavy (non-hydrogen) atoms. The van der Waals surface area contributed by atoms with Crippen LogP contribution in [0.2, 0.25) is 0 Å². The number of hydrogen-bond donors (Lipinski definition) is 1. The van der Waals surface area contributed by atoms with Crippen molar-refractivity contribution in [2.45, 2.75) is 19.4 Å². The van der Waals surface area contributed by atoms with Crippen molar-refractivity contribution in [1.82, 2.24) is 0 Å². The van der Waals surface area contributed by atoms with Gasteiger partial charge in [0.1, 0.15) is 0 Å². The number of ether oxygens (including phenoxy) is 1. The van der Waals surface area contributed by atoms with Gasteiger partial charge in [0.15, 0.2) is 0 Å². The van der Waals surface area contributed by atoms with Crippen molar-refractivity contribution in [3.8, 4) is 5.75 Å². The maximum atomic E-state index is 10.8. The van der Waals surface area contributed by atoms with Crippen LogP contribution < -0.4 is 8.97 Å². The monoisotopic (exact) mass is 186 g/mol. The van der Waals surface area contributed by atoms with Crippen LogP contribution >= 0.6 is 0 Å². The molecule has 0 atom stereocenters. The number of benzene rings is 1. The van der Waals surface area contributed by atoms with Crippen molar-refractivity contribution in [1.29, 1.82) is 0 Å². The van der Waals surface area contributed by atoms with E-state index < -0.39 is 11.6 Å². The molecule has 0 fully saturated rings. The van der Waals surface area contributed by atoms with Gasteiger partial charge in [0.25, 0.3) is 0 Å². The van der Waals surface area contributed by atoms with Gasteiger partial charge in [-0.1, -0.05) is 0 Å². The summed E-state index contributed by atoms with van der Waals surface area (Å²) in [5.74, 6) is -0.402. The molecule has 0 aromatic heterocycles. The van der Waals surface area contributed by atoms with Gasteiger partial charge < -0.3 is 0 Å². The quantitative estimate of drug-likeness (QED) is 0.707. The minimum absolute atomic E-state index is 0.572. The molecule has 0 bridgehead atoms. The van der Waals surface area contributed by atoms with Crippen LogP contribution in [0.25, 0.3) is 0 Å². The molecular weight excluding hydrogens is 175 g/mol. The van der Waals surface area contributed by atoms with Gasteiger partial charge in [0, 0.05) is 0 Å². The molecule has 70 valence electrons. The number of carbonyl (C=O) groups is 1. The van der Waals surface area contributed by atoms with E-state index in [0.717, 1.165) is 4.24 Å². The Kier molecular flexibility index (Phi) is 3.25. The summed E-state index contributed by atoms with van der Waals surface area (Å²) < 4.78 is 6.43. The molecular formula is C10H11LiO3. The Bertz CT molecular complexity index is 330. The van der Waals surface area contributed by atoms with Crippen molar-refractivity contribution in [2.24, 2.45) is 0 Å². The van der Waals surface area contributed by atoms with Gasteiger partial charge in [0.05, 0.1) is 0 Å². The van der Waals surface area contributed by atoms with Crippen LogP contribution in [0.3, 0.4) is 0 Å². The fourth-order valence-electron chi connectivity index (χ4n) is 0.945. The van der Waals surface area contributed by atoms with E-state index in [4.69, 9.17) is 9.84 Å². The Morgan fingerprint density at radius 1 is 1.36 bits per heavy atom. The second-order valence-corrected chi connectivity index (χ2v) is 3.73. The van der Waals surface area contributed by atoms with Crippen molar-refractivity contribution in [2.75, 3.05) is 0 Å². The summed E-state index contributed by atoms with van der Waals surface area (Å²) in [6.45, 7) is 3.05. The molecule has 0 heterocycles. The molecule has 3 nitrogen and oxygen atoms in total. The topological polar surface area (TPSA) is 46.5 Å². The third-order valence-corrected chi connectivity index (χ3v) is 1.91. The molecule has 0 aliphatic rings. The first-order chi connectivity index (χ1) is 6.42. The predicted octanol–water partition coefficient (Wildman–Crippen LogP) is 0.722. The van der Waals surface area contributed by atoms with Gasteiger partial charge in [-0.25, -0.2) is 0 Å². The van der Waals surface area contributed by atoms with Crippen LogP contribution in [0, 0.1) is 0 Å². The molecule has 1 N–H and O–H groups in total. The van der Waals surface area contributed by atoms with E-state index in [-0.39, 0.29) is 0 Å². The minimum atomic E-state index is -1.19. The number of hydrogen-bond acceptors (Lipinski definition) is 2. The molecule has 0 saturated heterocycles. The van der Waals surface area contributed by atoms with E-state index in [0.29, 0.717) is 5.75 Å². The Morgan fingerprint density at radius 2 is 1.86 bits per heavy atom. The summed E-state index contributed by atoms with van der Waals surface area (Å²) >= 11 is 1.96. The first kappa shape index (κ1) is 11.2. The van der Waals surface area contributed by atoms with Crippen LogP contribution in [0.5, 0.6) is 5.75 Å². The molecule has 0 radical (unpaired) electrons. The molecule has 0 amide bonds. The third-order valence-electron chi connectivity index (χ3n) is 1.91. The van der Waals surface area contributed by atoms with Crippen LogP contribution in [-0.4, -0.2) is 34.4 Å². The first-order valence-electron chi connectivity index (χ1n) is 4.41. The summed E-state index contributed by atoms with van der Waals surface area (Å²) in [6, 6.07) is 7.29. The normalized spacial score (nSPS) is 11.1. The fourth-order valence-corrected chi connectivity index (χ4v) is 0.945. The molecule has 0 aliphatic carbocycles. The predicted molar refractivity (Wildman–Crippen MR) is 54.2 cm³/mol. The van der Waals surface area contributed by atoms with Crippen LogP contribution in [-0.2, 0) is 4.79 Å². The Balaban J connectivity index is 2.79. The molecule has 0 unspecified atom stereocenters. The van der Waals surface area contributed by atoms with E-state index in [1.54, 1.807) is 12.1 Å². The molecule has 0 spiro atoms. The first-order valence-corrected chi connectivity index (χ1v) is 4.41. The fraction of sp³-hybridized carbons (Fsp3) is 0.300. The standard InChI is InChI=1S/C10H11O3.Li/c1-10(2,9(11)12)13-8-6-4-3-5-7-8;/h4-7H,1-2H3,(H,11,12);. The van der Waals surface area contributed by atoms with Gasteiger partial charge in [0.2, 0.25) is 0 Å². The Labute approximate surface area is 92.3 Å². The van der Waals surface area contributed by atoms with Gasteiger partial charge >= 0.3 is 92.0 Å². The summed E-state index contributed by atoms with van der Waals surface area (Å²) in [5, 5.41) is 8.83. The summed E-state index contributed by atoms with van der Waals surface area (Å²) in [4.78, 5) is 10.8. The zero-order valence-corrected chi connectivity index (χ0v) is 8.57. The molecule has 1 aromatic rings. The zero-order chi connectivity index (χ0) is 10.8. The second kappa shape index (κ2) is 4.08. The van der Waals surface area contributed by atoms with E-state index in [2.05, 4.69) is 0 Å². The van der Waals surface area contributed by atoms with E-state index in [9.17, 15) is 4.79 Å². The maximum absolute atomic E-state index is 10.8. The number of carboxylic acids is 1. The van der Waals surface area contributed by atoms with Crippen LogP contribution in [0.1, 0.15) is 13.8 Å². The summed E-state index contributed by atoms with van der Waals surface area (Å²) in [5.41, 5.74) is -1.19. The average Bonchev–Trinajstić information content (AvgIpc) is 2.08. The van der Waals surface area contributed by atoms with Crippen LogP contribution in [0.4, 0.5) is 0 Å². The molecule has 4 heteroatoms. The van der Waals surface area contributed by atoms with Crippen molar-refractivity contribution < 1.29 is 14.6 Å². The Morgan fingerprint density at radius 3 is 2.29 bits per heavy atom. The molecule has 0 saturated carbocycles. The van der Waals surface area contributed by atoms with Crippen molar-refractivity contribution >= 4 is 27.9 Å². The van der Waals surface area contributed by atoms with E-state index >= 15 is 0 Å². The molecule has 0 aliphatic heterocycles. The second-order valence-electron chi connectivity index (χ2n) is 3.73. The van der Waals surface area contributed by atoms with Crippen molar-refractivity contribution in [3.63, 3.8) is 0 Å². The van der Waals surface area contributed by atoms with Crippen LogP contribution in [0.15, 0.2) is 24.3 Å². The SMILES string of the molecule is [Li][c]1ccc(OC(C)(C)C(=O)O)cc1. The van der Waals surface area contributed by atoms with Crippen molar-refractivity contribution in [3.05, 3.63) is 24.3 Å². The Hall–Kier alpha value is -0.913. The van der Waals surface area contributed by atoms with E-state index in [1.165, 1.54) is 13.8 Å². The van der Waals surface area contributed by atoms with Gasteiger partial charge in [-0.05, 0) is 0 Å². The summed E-state index contributed by atoms with van der Waals surface area (Å²) in [7, 11) is 0. The van der Waals surface area contributed by atoms with Gasteiger partial charge in [-0.3, -0.25) is 0 Å². The van der Waals surface area contributed by atoms with Gasteiger partial charge in [-0.15, -0.1) is 0 Å². The average molecular weight is 186 g/mol. The number of rotatable bonds is 3.